The van der Waals surface area contributed by atoms with Gasteiger partial charge in [0.2, 0.25) is 0 Å². The molecule has 2 fully saturated rings. The topological polar surface area (TPSA) is 29.1 Å². The van der Waals surface area contributed by atoms with Crippen LogP contribution in [0.3, 0.4) is 0 Å². The highest BCUT2D eigenvalue weighted by Gasteiger charge is 2.35. The van der Waals surface area contributed by atoms with Crippen molar-refractivity contribution in [3.8, 4) is 0 Å². The molecule has 0 aliphatic carbocycles. The summed E-state index contributed by atoms with van der Waals surface area (Å²) in [5.41, 5.74) is -0.398. The molecule has 0 amide bonds. The van der Waals surface area contributed by atoms with Crippen molar-refractivity contribution in [2.24, 2.45) is 5.92 Å². The van der Waals surface area contributed by atoms with Gasteiger partial charge in [0.25, 0.3) is 0 Å². The van der Waals surface area contributed by atoms with Crippen LogP contribution in [0.5, 0.6) is 0 Å². The molecule has 108 valence electrons. The number of hydrogen-bond donors (Lipinski definition) is 1. The predicted octanol–water partition coefficient (Wildman–Crippen LogP) is 3.83. The highest BCUT2D eigenvalue weighted by atomic mass is 79.9. The lowest BCUT2D eigenvalue weighted by Gasteiger charge is -2.28. The summed E-state index contributed by atoms with van der Waals surface area (Å²) in [5.74, 6) is -1.74. The first-order valence-electron chi connectivity index (χ1n) is 6.97. The number of halogens is 3. The zero-order chi connectivity index (χ0) is 14.3. The van der Waals surface area contributed by atoms with Gasteiger partial charge < -0.3 is 5.32 Å². The minimum Gasteiger partial charge on any atom is -0.311 e. The Hall–Kier alpha value is -0.810. The molecule has 1 aromatic rings. The van der Waals surface area contributed by atoms with Gasteiger partial charge in [-0.1, -0.05) is 0 Å². The van der Waals surface area contributed by atoms with Crippen LogP contribution in [-0.2, 0) is 0 Å². The zero-order valence-corrected chi connectivity index (χ0v) is 12.6. The van der Waals surface area contributed by atoms with Gasteiger partial charge in [-0.15, -0.1) is 0 Å². The molecule has 0 saturated carbocycles. The van der Waals surface area contributed by atoms with E-state index in [0.29, 0.717) is 12.1 Å². The first kappa shape index (κ1) is 14.1. The summed E-state index contributed by atoms with van der Waals surface area (Å²) in [5, 5.41) is 3.50. The van der Waals surface area contributed by atoms with Crippen molar-refractivity contribution in [3.05, 3.63) is 33.8 Å². The molecule has 2 heterocycles. The largest absolute Gasteiger partial charge is 0.311 e. The van der Waals surface area contributed by atoms with E-state index in [9.17, 15) is 13.6 Å². The summed E-state index contributed by atoms with van der Waals surface area (Å²) in [7, 11) is 0. The Kier molecular flexibility index (Phi) is 3.91. The molecule has 5 heteroatoms. The van der Waals surface area contributed by atoms with Crippen molar-refractivity contribution >= 4 is 21.7 Å². The van der Waals surface area contributed by atoms with E-state index in [1.54, 1.807) is 0 Å². The zero-order valence-electron chi connectivity index (χ0n) is 11.0. The molecule has 0 aromatic heterocycles. The van der Waals surface area contributed by atoms with Crippen LogP contribution in [0.25, 0.3) is 0 Å². The summed E-state index contributed by atoms with van der Waals surface area (Å²) in [6.07, 6.45) is 4.39. The second-order valence-corrected chi connectivity index (χ2v) is 6.68. The third-order valence-electron chi connectivity index (χ3n) is 4.37. The van der Waals surface area contributed by atoms with Crippen LogP contribution in [0.1, 0.15) is 42.5 Å². The molecule has 2 saturated heterocycles. The number of Topliss-reactive ketones (excluding diaryl/α,β-unsaturated/α-hetero) is 1. The second-order valence-electron chi connectivity index (χ2n) is 5.82. The minimum atomic E-state index is -0.785. The van der Waals surface area contributed by atoms with Crippen LogP contribution in [0.4, 0.5) is 8.78 Å². The van der Waals surface area contributed by atoms with Gasteiger partial charge >= 0.3 is 0 Å². The maximum atomic E-state index is 13.9. The van der Waals surface area contributed by atoms with Crippen molar-refractivity contribution < 1.29 is 13.6 Å². The van der Waals surface area contributed by atoms with E-state index in [0.717, 1.165) is 31.7 Å². The quantitative estimate of drug-likeness (QED) is 0.667. The lowest BCUT2D eigenvalue weighted by molar-refractivity contribution is 0.0937. The fraction of sp³-hybridized carbons (Fsp3) is 0.533. The van der Waals surface area contributed by atoms with Gasteiger partial charge in [-0.25, -0.2) is 8.78 Å². The Labute approximate surface area is 125 Å². The highest BCUT2D eigenvalue weighted by Crippen LogP contribution is 2.34. The summed E-state index contributed by atoms with van der Waals surface area (Å²) < 4.78 is 27.8. The van der Waals surface area contributed by atoms with E-state index in [2.05, 4.69) is 21.2 Å². The molecular weight excluding hydrogens is 328 g/mol. The third-order valence-corrected chi connectivity index (χ3v) is 4.98. The van der Waals surface area contributed by atoms with Gasteiger partial charge in [0.05, 0.1) is 10.0 Å². The fourth-order valence-corrected chi connectivity index (χ4v) is 3.82. The molecule has 20 heavy (non-hydrogen) atoms. The second kappa shape index (κ2) is 5.53. The van der Waals surface area contributed by atoms with Crippen molar-refractivity contribution in [3.63, 3.8) is 0 Å². The Balaban J connectivity index is 1.75. The molecule has 1 aromatic carbocycles. The van der Waals surface area contributed by atoms with E-state index in [1.807, 2.05) is 0 Å². The summed E-state index contributed by atoms with van der Waals surface area (Å²) in [4.78, 5) is 12.2. The number of carbonyl (C=O) groups is 1. The van der Waals surface area contributed by atoms with E-state index in [1.165, 1.54) is 6.07 Å². The SMILES string of the molecule is O=C(CC1CC2CCC(C1)N2)c1c(F)ccc(Br)c1F. The number of carbonyl (C=O) groups excluding carboxylic acids is 1. The number of benzene rings is 1. The first-order chi connectivity index (χ1) is 9.54. The molecule has 2 atom stereocenters. The Bertz CT molecular complexity index is 537. The Morgan fingerprint density at radius 3 is 2.55 bits per heavy atom. The first-order valence-corrected chi connectivity index (χ1v) is 7.76. The van der Waals surface area contributed by atoms with E-state index in [4.69, 9.17) is 0 Å². The van der Waals surface area contributed by atoms with Crippen LogP contribution in [0.15, 0.2) is 16.6 Å². The maximum Gasteiger partial charge on any atom is 0.169 e. The van der Waals surface area contributed by atoms with E-state index >= 15 is 0 Å². The summed E-state index contributed by atoms with van der Waals surface area (Å²) in [6.45, 7) is 0. The number of piperidine rings is 1. The molecule has 2 unspecified atom stereocenters. The van der Waals surface area contributed by atoms with Gasteiger partial charge in [-0.3, -0.25) is 4.79 Å². The molecule has 2 aliphatic heterocycles. The number of hydrogen-bond acceptors (Lipinski definition) is 2. The van der Waals surface area contributed by atoms with Crippen molar-refractivity contribution in [2.45, 2.75) is 44.2 Å². The van der Waals surface area contributed by atoms with Crippen LogP contribution in [0.2, 0.25) is 0 Å². The van der Waals surface area contributed by atoms with Crippen LogP contribution in [-0.4, -0.2) is 17.9 Å². The van der Waals surface area contributed by atoms with Gasteiger partial charge in [-0.05, 0) is 59.7 Å². The van der Waals surface area contributed by atoms with Crippen molar-refractivity contribution in [1.29, 1.82) is 0 Å². The average Bonchev–Trinajstić information content (AvgIpc) is 2.74. The van der Waals surface area contributed by atoms with Gasteiger partial charge in [0, 0.05) is 18.5 Å². The molecule has 3 rings (SSSR count). The van der Waals surface area contributed by atoms with Crippen LogP contribution >= 0.6 is 15.9 Å². The van der Waals surface area contributed by atoms with Crippen molar-refractivity contribution in [1.82, 2.24) is 5.32 Å². The Morgan fingerprint density at radius 2 is 1.90 bits per heavy atom. The average molecular weight is 344 g/mol. The number of nitrogens with one attached hydrogen (secondary N) is 1. The van der Waals surface area contributed by atoms with Crippen LogP contribution < -0.4 is 5.32 Å². The van der Waals surface area contributed by atoms with Gasteiger partial charge in [-0.2, -0.15) is 0 Å². The lowest BCUT2D eigenvalue weighted by atomic mass is 9.86. The summed E-state index contributed by atoms with van der Waals surface area (Å²) >= 11 is 3.00. The van der Waals surface area contributed by atoms with E-state index in [-0.39, 0.29) is 16.8 Å². The maximum absolute atomic E-state index is 13.9. The summed E-state index contributed by atoms with van der Waals surface area (Å²) in [6, 6.07) is 3.37. The normalized spacial score (nSPS) is 28.6. The number of rotatable bonds is 3. The third kappa shape index (κ3) is 2.66. The molecular formula is C15H16BrF2NO. The monoisotopic (exact) mass is 343 g/mol. The Morgan fingerprint density at radius 1 is 1.25 bits per heavy atom. The lowest BCUT2D eigenvalue weighted by Crippen LogP contribution is -2.38. The molecule has 2 aliphatic rings. The predicted molar refractivity (Wildman–Crippen MR) is 75.7 cm³/mol. The fourth-order valence-electron chi connectivity index (χ4n) is 3.49. The van der Waals surface area contributed by atoms with Crippen LogP contribution in [0, 0.1) is 17.6 Å². The highest BCUT2D eigenvalue weighted by molar-refractivity contribution is 9.10. The number of ketones is 1. The molecule has 2 bridgehead atoms. The molecule has 2 nitrogen and oxygen atoms in total. The van der Waals surface area contributed by atoms with Gasteiger partial charge in [0.1, 0.15) is 5.82 Å². The van der Waals surface area contributed by atoms with Gasteiger partial charge in [0.15, 0.2) is 11.6 Å². The van der Waals surface area contributed by atoms with Crippen molar-refractivity contribution in [2.75, 3.05) is 0 Å². The molecule has 1 N–H and O–H groups in total. The smallest absolute Gasteiger partial charge is 0.169 e. The standard InChI is InChI=1S/C15H16BrF2NO/c16-11-3-4-12(17)14(15(11)18)13(20)7-8-5-9-1-2-10(6-8)19-9/h3-4,8-10,19H,1-2,5-7H2. The molecule has 0 radical (unpaired) electrons. The van der Waals surface area contributed by atoms with E-state index < -0.39 is 23.0 Å². The molecule has 0 spiro atoms. The number of fused-ring (bicyclic) bond motifs is 2. The minimum absolute atomic E-state index is 0.132.